The van der Waals surface area contributed by atoms with Crippen LogP contribution in [0.5, 0.6) is 11.5 Å². The van der Waals surface area contributed by atoms with Crippen molar-refractivity contribution in [2.24, 2.45) is 16.0 Å². The molecule has 2 aromatic rings. The molecule has 1 saturated heterocycles. The first-order valence-electron chi connectivity index (χ1n) is 11.7. The minimum absolute atomic E-state index is 0.0719. The number of hydrogen-bond acceptors (Lipinski definition) is 6. The zero-order valence-corrected chi connectivity index (χ0v) is 21.1. The molecular formula is C25H32N4O5S. The SMILES string of the molecule is Cc1ccc(C(C)(C)CC(=O)N2CCC[C@H](COc3cccc4c3C(N)=NS(=O)(=O)N4)C2)cc1O. The molecule has 35 heavy (non-hydrogen) atoms. The van der Waals surface area contributed by atoms with Crippen LogP contribution in [-0.4, -0.2) is 49.9 Å². The van der Waals surface area contributed by atoms with E-state index in [1.807, 2.05) is 37.8 Å². The first-order chi connectivity index (χ1) is 16.4. The van der Waals surface area contributed by atoms with Crippen molar-refractivity contribution in [2.75, 3.05) is 24.4 Å². The largest absolute Gasteiger partial charge is 0.508 e. The molecule has 1 atom stereocenters. The summed E-state index contributed by atoms with van der Waals surface area (Å²) < 4.78 is 35.5. The monoisotopic (exact) mass is 500 g/mol. The minimum Gasteiger partial charge on any atom is -0.508 e. The van der Waals surface area contributed by atoms with E-state index in [0.717, 1.165) is 24.0 Å². The lowest BCUT2D eigenvalue weighted by atomic mass is 9.80. The standard InChI is InChI=1S/C25H32N4O5S/c1-16-9-10-18(12-20(16)30)25(2,3)13-22(31)29-11-5-6-17(14-29)15-34-21-8-4-7-19-23(21)24(26)28-35(32,33)27-19/h4,7-10,12,17,27,30H,5-6,11,13-15H2,1-3H3,(H2,26,28)/t17-/m0/s1. The fraction of sp³-hybridized carbons (Fsp3) is 0.440. The second-order valence-electron chi connectivity index (χ2n) is 9.95. The van der Waals surface area contributed by atoms with Gasteiger partial charge in [0, 0.05) is 25.4 Å². The fourth-order valence-corrected chi connectivity index (χ4v) is 5.44. The third-order valence-electron chi connectivity index (χ3n) is 6.67. The fourth-order valence-electron chi connectivity index (χ4n) is 4.60. The van der Waals surface area contributed by atoms with Crippen LogP contribution in [0.25, 0.3) is 0 Å². The van der Waals surface area contributed by atoms with Gasteiger partial charge in [-0.05, 0) is 54.5 Å². The van der Waals surface area contributed by atoms with Crippen LogP contribution in [0, 0.1) is 12.8 Å². The van der Waals surface area contributed by atoms with Gasteiger partial charge in [0.25, 0.3) is 0 Å². The van der Waals surface area contributed by atoms with E-state index in [-0.39, 0.29) is 23.4 Å². The molecule has 0 bridgehead atoms. The first-order valence-corrected chi connectivity index (χ1v) is 13.1. The number of carbonyl (C=O) groups excluding carboxylic acids is 1. The zero-order valence-electron chi connectivity index (χ0n) is 20.2. The third kappa shape index (κ3) is 5.53. The number of anilines is 1. The number of fused-ring (bicyclic) bond motifs is 1. The van der Waals surface area contributed by atoms with Gasteiger partial charge < -0.3 is 20.5 Å². The quantitative estimate of drug-likeness (QED) is 0.558. The summed E-state index contributed by atoms with van der Waals surface area (Å²) in [6.07, 6.45) is 2.13. The number of nitrogens with two attached hydrogens (primary N) is 1. The number of phenols is 1. The molecule has 0 saturated carbocycles. The van der Waals surface area contributed by atoms with E-state index in [9.17, 15) is 18.3 Å². The average molecular weight is 501 g/mol. The van der Waals surface area contributed by atoms with E-state index in [2.05, 4.69) is 9.12 Å². The molecule has 0 aliphatic carbocycles. The van der Waals surface area contributed by atoms with Crippen LogP contribution < -0.4 is 15.2 Å². The van der Waals surface area contributed by atoms with Gasteiger partial charge in [0.1, 0.15) is 11.5 Å². The maximum Gasteiger partial charge on any atom is 0.344 e. The topological polar surface area (TPSA) is 134 Å². The molecule has 2 aromatic carbocycles. The summed E-state index contributed by atoms with van der Waals surface area (Å²) in [4.78, 5) is 15.1. The summed E-state index contributed by atoms with van der Waals surface area (Å²) >= 11 is 0. The minimum atomic E-state index is -3.85. The Morgan fingerprint density at radius 1 is 1.31 bits per heavy atom. The van der Waals surface area contributed by atoms with Gasteiger partial charge in [-0.25, -0.2) is 0 Å². The molecule has 2 aliphatic rings. The van der Waals surface area contributed by atoms with Gasteiger partial charge in [0.05, 0.1) is 17.9 Å². The number of nitrogens with zero attached hydrogens (tertiary/aromatic N) is 2. The Morgan fingerprint density at radius 3 is 2.83 bits per heavy atom. The summed E-state index contributed by atoms with van der Waals surface area (Å²) in [5.74, 6) is 0.782. The van der Waals surface area contributed by atoms with Crippen molar-refractivity contribution in [3.8, 4) is 11.5 Å². The predicted molar refractivity (Wildman–Crippen MR) is 135 cm³/mol. The Labute approximate surface area is 206 Å². The molecule has 2 aliphatic heterocycles. The van der Waals surface area contributed by atoms with Crippen LogP contribution in [0.3, 0.4) is 0 Å². The summed E-state index contributed by atoms with van der Waals surface area (Å²) in [5, 5.41) is 10.1. The smallest absolute Gasteiger partial charge is 0.344 e. The van der Waals surface area contributed by atoms with Crippen molar-refractivity contribution in [3.05, 3.63) is 53.1 Å². The normalized spacial score (nSPS) is 19.3. The molecule has 4 rings (SSSR count). The van der Waals surface area contributed by atoms with Gasteiger partial charge in [-0.3, -0.25) is 9.52 Å². The highest BCUT2D eigenvalue weighted by atomic mass is 32.2. The summed E-state index contributed by atoms with van der Waals surface area (Å²) in [6.45, 7) is 7.52. The molecule has 1 amide bonds. The van der Waals surface area contributed by atoms with Gasteiger partial charge in [0.2, 0.25) is 5.91 Å². The van der Waals surface area contributed by atoms with E-state index in [1.54, 1.807) is 24.3 Å². The maximum atomic E-state index is 13.2. The van der Waals surface area contributed by atoms with E-state index in [0.29, 0.717) is 43.1 Å². The second kappa shape index (κ2) is 9.41. The van der Waals surface area contributed by atoms with E-state index in [4.69, 9.17) is 10.5 Å². The molecule has 0 aromatic heterocycles. The molecule has 4 N–H and O–H groups in total. The number of amides is 1. The number of carbonyl (C=O) groups is 1. The van der Waals surface area contributed by atoms with Crippen molar-refractivity contribution in [1.82, 2.24) is 4.90 Å². The number of rotatable bonds is 6. The number of aromatic hydroxyl groups is 1. The Hall–Kier alpha value is -3.27. The van der Waals surface area contributed by atoms with Crippen molar-refractivity contribution < 1.29 is 23.1 Å². The van der Waals surface area contributed by atoms with Crippen LogP contribution in [0.2, 0.25) is 0 Å². The Bertz CT molecular complexity index is 1270. The Kier molecular flexibility index (Phi) is 6.68. The molecule has 1 fully saturated rings. The van der Waals surface area contributed by atoms with Crippen molar-refractivity contribution in [2.45, 2.75) is 45.4 Å². The number of likely N-dealkylation sites (tertiary alicyclic amines) is 1. The van der Waals surface area contributed by atoms with Gasteiger partial charge in [-0.15, -0.1) is 4.40 Å². The van der Waals surface area contributed by atoms with Crippen LogP contribution in [0.4, 0.5) is 5.69 Å². The Morgan fingerprint density at radius 2 is 2.09 bits per heavy atom. The molecule has 9 nitrogen and oxygen atoms in total. The lowest BCUT2D eigenvalue weighted by molar-refractivity contribution is -0.134. The van der Waals surface area contributed by atoms with Crippen LogP contribution in [0.1, 0.15) is 49.8 Å². The van der Waals surface area contributed by atoms with Crippen LogP contribution >= 0.6 is 0 Å². The lowest BCUT2D eigenvalue weighted by Crippen LogP contribution is -2.43. The van der Waals surface area contributed by atoms with Crippen molar-refractivity contribution >= 4 is 27.6 Å². The first kappa shape index (κ1) is 24.8. The summed E-state index contributed by atoms with van der Waals surface area (Å²) in [5.41, 5.74) is 7.97. The summed E-state index contributed by atoms with van der Waals surface area (Å²) in [7, 11) is -3.85. The molecular weight excluding hydrogens is 468 g/mol. The van der Waals surface area contributed by atoms with Gasteiger partial charge in [0.15, 0.2) is 5.84 Å². The Balaban J connectivity index is 1.39. The number of nitrogens with one attached hydrogen (secondary N) is 1. The van der Waals surface area contributed by atoms with Gasteiger partial charge >= 0.3 is 10.2 Å². The maximum absolute atomic E-state index is 13.2. The third-order valence-corrected chi connectivity index (χ3v) is 7.58. The van der Waals surface area contributed by atoms with Crippen molar-refractivity contribution in [3.63, 3.8) is 0 Å². The van der Waals surface area contributed by atoms with Crippen LogP contribution in [-0.2, 0) is 20.4 Å². The number of hydrogen-bond donors (Lipinski definition) is 3. The van der Waals surface area contributed by atoms with E-state index >= 15 is 0 Å². The predicted octanol–water partition coefficient (Wildman–Crippen LogP) is 3.06. The highest BCUT2D eigenvalue weighted by molar-refractivity contribution is 7.91. The number of aryl methyl sites for hydroxylation is 1. The molecule has 0 unspecified atom stereocenters. The number of ether oxygens (including phenoxy) is 1. The molecule has 0 radical (unpaired) electrons. The van der Waals surface area contributed by atoms with Crippen molar-refractivity contribution in [1.29, 1.82) is 0 Å². The average Bonchev–Trinajstić information content (AvgIpc) is 2.78. The molecule has 2 heterocycles. The van der Waals surface area contributed by atoms with Gasteiger partial charge in [-0.2, -0.15) is 8.42 Å². The second-order valence-corrected chi connectivity index (χ2v) is 11.3. The number of benzene rings is 2. The number of phenolic OH excluding ortho intramolecular Hbond substituents is 1. The van der Waals surface area contributed by atoms with E-state index in [1.165, 1.54) is 0 Å². The van der Waals surface area contributed by atoms with E-state index < -0.39 is 15.6 Å². The molecule has 10 heteroatoms. The number of amidine groups is 1. The van der Waals surface area contributed by atoms with Crippen LogP contribution in [0.15, 0.2) is 40.8 Å². The zero-order chi connectivity index (χ0) is 25.4. The molecule has 0 spiro atoms. The van der Waals surface area contributed by atoms with Gasteiger partial charge in [-0.1, -0.05) is 32.0 Å². The summed E-state index contributed by atoms with van der Waals surface area (Å²) in [6, 6.07) is 10.6. The highest BCUT2D eigenvalue weighted by Gasteiger charge is 2.31. The number of piperidine rings is 1. The molecule has 188 valence electrons. The lowest BCUT2D eigenvalue weighted by Gasteiger charge is -2.35. The highest BCUT2D eigenvalue weighted by Crippen LogP contribution is 2.33.